The van der Waals surface area contributed by atoms with E-state index in [1.54, 1.807) is 0 Å². The highest BCUT2D eigenvalue weighted by atomic mass is 19.3. The number of imide groups is 1. The van der Waals surface area contributed by atoms with Crippen LogP contribution in [0.5, 0.6) is 0 Å². The summed E-state index contributed by atoms with van der Waals surface area (Å²) in [6, 6.07) is 0. The summed E-state index contributed by atoms with van der Waals surface area (Å²) in [5.41, 5.74) is -0.821. The third-order valence-electron chi connectivity index (χ3n) is 3.17. The number of alkyl halides is 2. The lowest BCUT2D eigenvalue weighted by Gasteiger charge is -2.33. The van der Waals surface area contributed by atoms with Crippen LogP contribution in [0.4, 0.5) is 8.78 Å². The molecular formula is C9H11F2NO2. The Labute approximate surface area is 79.9 Å². The van der Waals surface area contributed by atoms with Gasteiger partial charge in [0, 0.05) is 19.3 Å². The number of carbonyl (C=O) groups excluding carboxylic acids is 2. The van der Waals surface area contributed by atoms with Crippen molar-refractivity contribution in [3.63, 3.8) is 0 Å². The molecule has 0 bridgehead atoms. The molecule has 2 aliphatic rings. The summed E-state index contributed by atoms with van der Waals surface area (Å²) in [6.45, 7) is 0. The van der Waals surface area contributed by atoms with Crippen LogP contribution < -0.4 is 5.32 Å². The third-order valence-corrected chi connectivity index (χ3v) is 3.17. The number of nitrogens with one attached hydrogen (secondary N) is 1. The average molecular weight is 203 g/mol. The second-order valence-corrected chi connectivity index (χ2v) is 4.19. The standard InChI is InChI=1S/C9H11F2NO2/c10-9(11)3-1-8(2-4-9)5-6(13)12-7(8)14/h1-5H2,(H,12,13,14). The van der Waals surface area contributed by atoms with Crippen molar-refractivity contribution in [3.8, 4) is 0 Å². The normalized spacial score (nSPS) is 29.3. The van der Waals surface area contributed by atoms with Gasteiger partial charge >= 0.3 is 0 Å². The van der Waals surface area contributed by atoms with E-state index in [4.69, 9.17) is 0 Å². The Balaban J connectivity index is 2.13. The van der Waals surface area contributed by atoms with Crippen LogP contribution in [-0.2, 0) is 9.59 Å². The van der Waals surface area contributed by atoms with E-state index in [0.29, 0.717) is 0 Å². The van der Waals surface area contributed by atoms with Crippen LogP contribution in [0.15, 0.2) is 0 Å². The van der Waals surface area contributed by atoms with Gasteiger partial charge in [-0.25, -0.2) is 8.78 Å². The number of rotatable bonds is 0. The Kier molecular flexibility index (Phi) is 1.87. The van der Waals surface area contributed by atoms with Gasteiger partial charge in [-0.15, -0.1) is 0 Å². The van der Waals surface area contributed by atoms with Gasteiger partial charge in [-0.1, -0.05) is 0 Å². The van der Waals surface area contributed by atoms with E-state index in [0.717, 1.165) is 0 Å². The molecule has 1 saturated heterocycles. The largest absolute Gasteiger partial charge is 0.296 e. The van der Waals surface area contributed by atoms with Gasteiger partial charge < -0.3 is 0 Å². The lowest BCUT2D eigenvalue weighted by molar-refractivity contribution is -0.134. The molecule has 0 radical (unpaired) electrons. The molecule has 3 nitrogen and oxygen atoms in total. The molecule has 2 rings (SSSR count). The molecule has 1 aliphatic heterocycles. The topological polar surface area (TPSA) is 46.2 Å². The summed E-state index contributed by atoms with van der Waals surface area (Å²) in [5.74, 6) is -3.35. The fourth-order valence-electron chi connectivity index (χ4n) is 2.19. The number of halogens is 2. The average Bonchev–Trinajstić information content (AvgIpc) is 2.35. The molecule has 78 valence electrons. The van der Waals surface area contributed by atoms with Gasteiger partial charge in [0.05, 0.1) is 5.41 Å². The van der Waals surface area contributed by atoms with Crippen molar-refractivity contribution in [2.24, 2.45) is 5.41 Å². The Morgan fingerprint density at radius 1 is 1.07 bits per heavy atom. The van der Waals surface area contributed by atoms with Crippen LogP contribution >= 0.6 is 0 Å². The molecule has 5 heteroatoms. The van der Waals surface area contributed by atoms with Crippen molar-refractivity contribution < 1.29 is 18.4 Å². The Bertz CT molecular complexity index is 291. The maximum absolute atomic E-state index is 12.8. The molecular weight excluding hydrogens is 192 g/mol. The van der Waals surface area contributed by atoms with E-state index in [9.17, 15) is 18.4 Å². The maximum atomic E-state index is 12.8. The molecule has 1 N–H and O–H groups in total. The number of hydrogen-bond acceptors (Lipinski definition) is 2. The van der Waals surface area contributed by atoms with Gasteiger partial charge in [0.15, 0.2) is 0 Å². The SMILES string of the molecule is O=C1CC2(CCC(F)(F)CC2)C(=O)N1. The molecule has 0 aromatic rings. The fourth-order valence-corrected chi connectivity index (χ4v) is 2.19. The molecule has 1 spiro atoms. The third kappa shape index (κ3) is 1.40. The van der Waals surface area contributed by atoms with Gasteiger partial charge in [0.25, 0.3) is 0 Å². The molecule has 2 amide bonds. The van der Waals surface area contributed by atoms with Crippen molar-refractivity contribution in [2.75, 3.05) is 0 Å². The summed E-state index contributed by atoms with van der Waals surface area (Å²) in [6.07, 6.45) is -0.238. The van der Waals surface area contributed by atoms with Crippen LogP contribution in [-0.4, -0.2) is 17.7 Å². The van der Waals surface area contributed by atoms with E-state index in [1.807, 2.05) is 0 Å². The zero-order valence-electron chi connectivity index (χ0n) is 7.61. The Hall–Kier alpha value is -1.00. The predicted octanol–water partition coefficient (Wildman–Crippen LogP) is 1.23. The maximum Gasteiger partial charge on any atom is 0.248 e. The van der Waals surface area contributed by atoms with Crippen molar-refractivity contribution in [2.45, 2.75) is 38.0 Å². The molecule has 14 heavy (non-hydrogen) atoms. The number of carbonyl (C=O) groups is 2. The first-order valence-corrected chi connectivity index (χ1v) is 4.66. The van der Waals surface area contributed by atoms with E-state index < -0.39 is 11.3 Å². The van der Waals surface area contributed by atoms with Crippen molar-refractivity contribution in [1.82, 2.24) is 5.32 Å². The second kappa shape index (κ2) is 2.74. The molecule has 1 saturated carbocycles. The van der Waals surface area contributed by atoms with E-state index in [-0.39, 0.29) is 43.9 Å². The van der Waals surface area contributed by atoms with E-state index >= 15 is 0 Å². The Morgan fingerprint density at radius 3 is 2.07 bits per heavy atom. The highest BCUT2D eigenvalue weighted by Crippen LogP contribution is 2.47. The van der Waals surface area contributed by atoms with Crippen LogP contribution in [0, 0.1) is 5.41 Å². The monoisotopic (exact) mass is 203 g/mol. The summed E-state index contributed by atoms with van der Waals surface area (Å²) in [5, 5.41) is 2.18. The number of hydrogen-bond donors (Lipinski definition) is 1. The molecule has 1 heterocycles. The molecule has 0 aromatic heterocycles. The summed E-state index contributed by atoms with van der Waals surface area (Å²) in [7, 11) is 0. The van der Waals surface area contributed by atoms with Crippen molar-refractivity contribution >= 4 is 11.8 Å². The molecule has 0 aromatic carbocycles. The van der Waals surface area contributed by atoms with E-state index in [2.05, 4.69) is 5.32 Å². The fraction of sp³-hybridized carbons (Fsp3) is 0.778. The molecule has 1 aliphatic carbocycles. The van der Waals surface area contributed by atoms with Gasteiger partial charge in [0.1, 0.15) is 0 Å². The van der Waals surface area contributed by atoms with Crippen LogP contribution in [0.1, 0.15) is 32.1 Å². The lowest BCUT2D eigenvalue weighted by Crippen LogP contribution is -2.38. The highest BCUT2D eigenvalue weighted by Gasteiger charge is 2.52. The minimum absolute atomic E-state index is 0.0852. The zero-order chi connectivity index (χ0) is 10.4. The minimum atomic E-state index is -2.66. The minimum Gasteiger partial charge on any atom is -0.296 e. The van der Waals surface area contributed by atoms with Crippen LogP contribution in [0.2, 0.25) is 0 Å². The van der Waals surface area contributed by atoms with E-state index in [1.165, 1.54) is 0 Å². The highest BCUT2D eigenvalue weighted by molar-refractivity contribution is 6.05. The first kappa shape index (κ1) is 9.55. The summed E-state index contributed by atoms with van der Waals surface area (Å²) >= 11 is 0. The molecule has 0 atom stereocenters. The Morgan fingerprint density at radius 2 is 1.64 bits per heavy atom. The first-order chi connectivity index (χ1) is 6.44. The van der Waals surface area contributed by atoms with Crippen molar-refractivity contribution in [3.05, 3.63) is 0 Å². The zero-order valence-corrected chi connectivity index (χ0v) is 7.61. The number of amides is 2. The predicted molar refractivity (Wildman–Crippen MR) is 43.6 cm³/mol. The molecule has 2 fully saturated rings. The van der Waals surface area contributed by atoms with Gasteiger partial charge in [-0.2, -0.15) is 0 Å². The van der Waals surface area contributed by atoms with Gasteiger partial charge in [0.2, 0.25) is 17.7 Å². The summed E-state index contributed by atoms with van der Waals surface area (Å²) < 4.78 is 25.7. The van der Waals surface area contributed by atoms with Gasteiger partial charge in [-0.3, -0.25) is 14.9 Å². The first-order valence-electron chi connectivity index (χ1n) is 4.66. The smallest absolute Gasteiger partial charge is 0.248 e. The van der Waals surface area contributed by atoms with Crippen LogP contribution in [0.3, 0.4) is 0 Å². The quantitative estimate of drug-likeness (QED) is 0.602. The second-order valence-electron chi connectivity index (χ2n) is 4.19. The summed E-state index contributed by atoms with van der Waals surface area (Å²) in [4.78, 5) is 22.4. The van der Waals surface area contributed by atoms with Crippen molar-refractivity contribution in [1.29, 1.82) is 0 Å². The van der Waals surface area contributed by atoms with Crippen LogP contribution in [0.25, 0.3) is 0 Å². The van der Waals surface area contributed by atoms with Gasteiger partial charge in [-0.05, 0) is 12.8 Å². The lowest BCUT2D eigenvalue weighted by atomic mass is 9.72. The molecule has 0 unspecified atom stereocenters.